The van der Waals surface area contributed by atoms with Gasteiger partial charge in [-0.25, -0.2) is 0 Å². The molecule has 1 aromatic rings. The van der Waals surface area contributed by atoms with Crippen molar-refractivity contribution in [2.24, 2.45) is 0 Å². The van der Waals surface area contributed by atoms with Crippen LogP contribution in [0.4, 0.5) is 0 Å². The van der Waals surface area contributed by atoms with Gasteiger partial charge >= 0.3 is 137 Å². The Hall–Kier alpha value is -0.181. The van der Waals surface area contributed by atoms with E-state index in [-0.39, 0.29) is 0 Å². The number of rotatable bonds is 11. The van der Waals surface area contributed by atoms with Crippen LogP contribution in [0.15, 0.2) is 24.3 Å². The molecule has 0 atom stereocenters. The number of benzene rings is 1. The van der Waals surface area contributed by atoms with E-state index in [0.29, 0.717) is 0 Å². The van der Waals surface area contributed by atoms with E-state index in [1.54, 1.807) is 0 Å². The average molecular weight is 397 g/mol. The van der Waals surface area contributed by atoms with Gasteiger partial charge in [0.1, 0.15) is 0 Å². The van der Waals surface area contributed by atoms with Crippen LogP contribution in [0.2, 0.25) is 13.3 Å². The fourth-order valence-corrected chi connectivity index (χ4v) is 16.5. The van der Waals surface area contributed by atoms with E-state index in [1.165, 1.54) is 63.1 Å². The van der Waals surface area contributed by atoms with Gasteiger partial charge < -0.3 is 0 Å². The summed E-state index contributed by atoms with van der Waals surface area (Å²) in [5.41, 5.74) is 1.31. The predicted molar refractivity (Wildman–Crippen MR) is 96.7 cm³/mol. The van der Waals surface area contributed by atoms with Gasteiger partial charge in [0, 0.05) is 0 Å². The number of aryl methyl sites for hydroxylation is 1. The van der Waals surface area contributed by atoms with Crippen molar-refractivity contribution in [1.29, 1.82) is 0 Å². The molecule has 0 fully saturated rings. The van der Waals surface area contributed by atoms with E-state index in [9.17, 15) is 0 Å². The third-order valence-corrected chi connectivity index (χ3v) is 17.1. The van der Waals surface area contributed by atoms with Gasteiger partial charge in [0.05, 0.1) is 0 Å². The van der Waals surface area contributed by atoms with Gasteiger partial charge in [-0.2, -0.15) is 0 Å². The minimum absolute atomic E-state index is 1.18. The van der Waals surface area contributed by atoms with Crippen LogP contribution in [-0.4, -0.2) is 18.8 Å². The first-order chi connectivity index (χ1) is 10.2. The van der Waals surface area contributed by atoms with E-state index in [2.05, 4.69) is 52.0 Å². The topological polar surface area (TPSA) is 9.23 Å². The number of para-hydroxylation sites is 1. The van der Waals surface area contributed by atoms with Crippen LogP contribution in [0.1, 0.15) is 64.9 Å². The number of hydrogen-bond donors (Lipinski definition) is 0. The van der Waals surface area contributed by atoms with Crippen LogP contribution < -0.4 is 3.07 Å². The molecule has 0 aromatic heterocycles. The van der Waals surface area contributed by atoms with Crippen LogP contribution in [0.5, 0.6) is 5.75 Å². The second-order valence-electron chi connectivity index (χ2n) is 6.36. The Kier molecular flexibility index (Phi) is 9.46. The zero-order chi connectivity index (χ0) is 15.6. The summed E-state index contributed by atoms with van der Waals surface area (Å²) < 4.78 is 11.1. The zero-order valence-corrected chi connectivity index (χ0v) is 17.4. The quantitative estimate of drug-likeness (QED) is 0.377. The molecular weight excluding hydrogens is 363 g/mol. The molecule has 0 unspecified atom stereocenters. The normalized spacial score (nSPS) is 11.6. The summed E-state index contributed by atoms with van der Waals surface area (Å²) in [6.45, 7) is 9.11. The van der Waals surface area contributed by atoms with Gasteiger partial charge in [0.2, 0.25) is 0 Å². The van der Waals surface area contributed by atoms with E-state index >= 15 is 0 Å². The third-order valence-electron chi connectivity index (χ3n) is 4.38. The molecule has 0 N–H and O–H groups in total. The molecule has 21 heavy (non-hydrogen) atoms. The molecule has 0 saturated heterocycles. The minimum atomic E-state index is -2.49. The van der Waals surface area contributed by atoms with Crippen molar-refractivity contribution in [1.82, 2.24) is 0 Å². The molecule has 0 radical (unpaired) electrons. The van der Waals surface area contributed by atoms with Gasteiger partial charge in [-0.05, 0) is 0 Å². The fourth-order valence-electron chi connectivity index (χ4n) is 2.93. The third kappa shape index (κ3) is 6.63. The average Bonchev–Trinajstić information content (AvgIpc) is 2.51. The summed E-state index contributed by atoms with van der Waals surface area (Å²) in [6.07, 6.45) is 7.97. The first kappa shape index (κ1) is 18.9. The molecule has 120 valence electrons. The van der Waals surface area contributed by atoms with Crippen LogP contribution in [0, 0.1) is 6.92 Å². The fraction of sp³-hybridized carbons (Fsp3) is 0.684. The molecule has 0 aliphatic carbocycles. The van der Waals surface area contributed by atoms with E-state index in [0.717, 1.165) is 0 Å². The Morgan fingerprint density at radius 3 is 1.71 bits per heavy atom. The van der Waals surface area contributed by atoms with E-state index in [4.69, 9.17) is 3.07 Å². The Bertz CT molecular complexity index is 367. The van der Waals surface area contributed by atoms with Crippen LogP contribution in [0.3, 0.4) is 0 Å². The van der Waals surface area contributed by atoms with Crippen molar-refractivity contribution in [3.63, 3.8) is 0 Å². The molecule has 1 aromatic carbocycles. The van der Waals surface area contributed by atoms with E-state index in [1.807, 2.05) is 0 Å². The first-order valence-electron chi connectivity index (χ1n) is 8.92. The summed E-state index contributed by atoms with van der Waals surface area (Å²) in [6, 6.07) is 8.61. The molecule has 1 nitrogen and oxygen atoms in total. The van der Waals surface area contributed by atoms with Gasteiger partial charge in [0.25, 0.3) is 0 Å². The molecular formula is C19H34OSn. The molecule has 0 saturated carbocycles. The Balaban J connectivity index is 2.92. The van der Waals surface area contributed by atoms with Crippen LogP contribution in [0.25, 0.3) is 0 Å². The second-order valence-corrected chi connectivity index (χ2v) is 18.0. The Morgan fingerprint density at radius 2 is 1.29 bits per heavy atom. The summed E-state index contributed by atoms with van der Waals surface area (Å²) in [5.74, 6) is 1.18. The zero-order valence-electron chi connectivity index (χ0n) is 14.6. The van der Waals surface area contributed by atoms with Crippen molar-refractivity contribution < 1.29 is 3.07 Å². The maximum absolute atomic E-state index is 6.85. The molecule has 0 spiro atoms. The first-order valence-corrected chi connectivity index (χ1v) is 16.1. The molecule has 0 aliphatic heterocycles. The van der Waals surface area contributed by atoms with Crippen LogP contribution >= 0.6 is 0 Å². The van der Waals surface area contributed by atoms with Gasteiger partial charge in [-0.15, -0.1) is 0 Å². The van der Waals surface area contributed by atoms with Gasteiger partial charge in [0.15, 0.2) is 0 Å². The second kappa shape index (κ2) is 10.5. The Morgan fingerprint density at radius 1 is 0.810 bits per heavy atom. The summed E-state index contributed by atoms with van der Waals surface area (Å²) in [7, 11) is 0. The standard InChI is InChI=1S/C7H8O.3C4H9.Sn/c1-6-4-2-3-5-7(6)8;3*1-3-4-2;/h2-5,8H,1H3;3*1,3-4H2,2H3;/q;;;;+1/p-1. The van der Waals surface area contributed by atoms with Gasteiger partial charge in [-0.1, -0.05) is 0 Å². The molecule has 0 bridgehead atoms. The molecule has 0 amide bonds. The van der Waals surface area contributed by atoms with Crippen molar-refractivity contribution in [3.05, 3.63) is 29.8 Å². The van der Waals surface area contributed by atoms with Crippen molar-refractivity contribution in [3.8, 4) is 5.75 Å². The maximum atomic E-state index is 6.85. The monoisotopic (exact) mass is 398 g/mol. The molecule has 0 heterocycles. The molecule has 1 rings (SSSR count). The van der Waals surface area contributed by atoms with Crippen LogP contribution in [-0.2, 0) is 0 Å². The summed E-state index contributed by atoms with van der Waals surface area (Å²) >= 11 is -2.49. The van der Waals surface area contributed by atoms with Crippen molar-refractivity contribution >= 4 is 18.8 Å². The Labute approximate surface area is 136 Å². The van der Waals surface area contributed by atoms with Gasteiger partial charge in [-0.3, -0.25) is 0 Å². The number of unbranched alkanes of at least 4 members (excludes halogenated alkanes) is 3. The summed E-state index contributed by atoms with van der Waals surface area (Å²) in [4.78, 5) is 0. The van der Waals surface area contributed by atoms with Crippen molar-refractivity contribution in [2.75, 3.05) is 0 Å². The van der Waals surface area contributed by atoms with Crippen molar-refractivity contribution in [2.45, 2.75) is 79.5 Å². The van der Waals surface area contributed by atoms with E-state index < -0.39 is 18.8 Å². The molecule has 2 heteroatoms. The predicted octanol–water partition coefficient (Wildman–Crippen LogP) is 6.72. The SMILES string of the molecule is CCC[CH2][Sn]([CH2]CCC)([CH2]CCC)[O]c1ccccc1C. The molecule has 0 aliphatic rings. The number of hydrogen-bond acceptors (Lipinski definition) is 1. The summed E-state index contributed by atoms with van der Waals surface area (Å²) in [5, 5.41) is 0.